The van der Waals surface area contributed by atoms with Gasteiger partial charge in [-0.05, 0) is 69.3 Å². The van der Waals surface area contributed by atoms with E-state index in [0.29, 0.717) is 16.3 Å². The molecule has 2 rings (SSSR count). The van der Waals surface area contributed by atoms with Gasteiger partial charge in [-0.25, -0.2) is 13.1 Å². The third-order valence-electron chi connectivity index (χ3n) is 4.22. The van der Waals surface area contributed by atoms with E-state index in [1.807, 2.05) is 0 Å². The summed E-state index contributed by atoms with van der Waals surface area (Å²) in [6.45, 7) is 4.82. The van der Waals surface area contributed by atoms with Crippen molar-refractivity contribution in [2.75, 3.05) is 5.32 Å². The van der Waals surface area contributed by atoms with Crippen LogP contribution in [-0.4, -0.2) is 38.2 Å². The zero-order valence-corrected chi connectivity index (χ0v) is 19.5. The monoisotopic (exact) mass is 480 g/mol. The Morgan fingerprint density at radius 3 is 2.09 bits per heavy atom. The third kappa shape index (κ3) is 7.74. The van der Waals surface area contributed by atoms with Crippen molar-refractivity contribution in [3.05, 3.63) is 59.1 Å². The first kappa shape index (κ1) is 25.5. The lowest BCUT2D eigenvalue weighted by atomic mass is 10.1. The molecule has 2 aromatic carbocycles. The van der Waals surface area contributed by atoms with Gasteiger partial charge in [-0.15, -0.1) is 0 Å². The molecular weight excluding hydrogens is 456 g/mol. The van der Waals surface area contributed by atoms with E-state index in [2.05, 4.69) is 10.0 Å². The van der Waals surface area contributed by atoms with Crippen LogP contribution in [0.1, 0.15) is 44.0 Å². The molecule has 0 saturated heterocycles. The number of Topliss-reactive ketones (excluding diaryl/α,β-unsaturated/α-hetero) is 1. The van der Waals surface area contributed by atoms with Crippen LogP contribution >= 0.6 is 11.6 Å². The number of benzene rings is 2. The second-order valence-corrected chi connectivity index (χ2v) is 9.50. The van der Waals surface area contributed by atoms with E-state index in [0.717, 1.165) is 0 Å². The van der Waals surface area contributed by atoms with Gasteiger partial charge in [0, 0.05) is 28.7 Å². The number of carbonyl (C=O) groups excluding carboxylic acids is 3. The Balaban J connectivity index is 1.85. The van der Waals surface area contributed by atoms with Crippen LogP contribution in [0.5, 0.6) is 0 Å². The van der Waals surface area contributed by atoms with Gasteiger partial charge in [0.2, 0.25) is 10.0 Å². The van der Waals surface area contributed by atoms with Gasteiger partial charge in [0.15, 0.2) is 11.9 Å². The fraction of sp³-hybridized carbons (Fsp3) is 0.318. The smallest absolute Gasteiger partial charge is 0.307 e. The Hall–Kier alpha value is -2.75. The van der Waals surface area contributed by atoms with Crippen molar-refractivity contribution < 1.29 is 27.5 Å². The van der Waals surface area contributed by atoms with Gasteiger partial charge in [-0.2, -0.15) is 0 Å². The molecule has 0 radical (unpaired) electrons. The molecule has 0 aliphatic carbocycles. The first-order valence-corrected chi connectivity index (χ1v) is 11.8. The van der Waals surface area contributed by atoms with Crippen molar-refractivity contribution in [3.8, 4) is 0 Å². The molecule has 0 saturated carbocycles. The van der Waals surface area contributed by atoms with E-state index >= 15 is 0 Å². The van der Waals surface area contributed by atoms with Crippen LogP contribution in [0.4, 0.5) is 5.69 Å². The second kappa shape index (κ2) is 11.2. The molecule has 32 heavy (non-hydrogen) atoms. The number of ether oxygens (including phenoxy) is 1. The molecule has 172 valence electrons. The number of sulfonamides is 1. The zero-order chi connectivity index (χ0) is 23.9. The Morgan fingerprint density at radius 1 is 0.938 bits per heavy atom. The number of nitrogens with one attached hydrogen (secondary N) is 2. The van der Waals surface area contributed by atoms with Crippen molar-refractivity contribution >= 4 is 45.0 Å². The fourth-order valence-electron chi connectivity index (χ4n) is 2.64. The van der Waals surface area contributed by atoms with Crippen LogP contribution < -0.4 is 10.0 Å². The summed E-state index contributed by atoms with van der Waals surface area (Å²) >= 11 is 5.78. The summed E-state index contributed by atoms with van der Waals surface area (Å²) in [7, 11) is -3.64. The van der Waals surface area contributed by atoms with Crippen molar-refractivity contribution in [1.29, 1.82) is 0 Å². The molecule has 1 unspecified atom stereocenters. The van der Waals surface area contributed by atoms with Crippen LogP contribution in [0.25, 0.3) is 0 Å². The van der Waals surface area contributed by atoms with Gasteiger partial charge in [0.1, 0.15) is 0 Å². The maximum atomic E-state index is 12.3. The first-order chi connectivity index (χ1) is 15.0. The van der Waals surface area contributed by atoms with Crippen molar-refractivity contribution in [3.63, 3.8) is 0 Å². The molecule has 2 N–H and O–H groups in total. The van der Waals surface area contributed by atoms with E-state index in [1.54, 1.807) is 38.1 Å². The number of carbonyl (C=O) groups is 3. The van der Waals surface area contributed by atoms with E-state index < -0.39 is 28.0 Å². The molecule has 0 spiro atoms. The number of ketones is 1. The molecule has 2 aromatic rings. The fourth-order valence-corrected chi connectivity index (χ4v) is 4.02. The summed E-state index contributed by atoms with van der Waals surface area (Å²) in [4.78, 5) is 36.4. The van der Waals surface area contributed by atoms with Crippen LogP contribution in [0.15, 0.2) is 53.4 Å². The normalized spacial score (nSPS) is 12.3. The number of hydrogen-bond donors (Lipinski definition) is 2. The van der Waals surface area contributed by atoms with Gasteiger partial charge in [0.25, 0.3) is 5.91 Å². The quantitative estimate of drug-likeness (QED) is 0.396. The third-order valence-corrected chi connectivity index (χ3v) is 6.15. The summed E-state index contributed by atoms with van der Waals surface area (Å²) in [5.74, 6) is -1.51. The molecule has 0 heterocycles. The Bertz CT molecular complexity index is 1070. The Kier molecular flexibility index (Phi) is 8.94. The highest BCUT2D eigenvalue weighted by Crippen LogP contribution is 2.16. The Morgan fingerprint density at radius 2 is 1.53 bits per heavy atom. The van der Waals surface area contributed by atoms with Crippen LogP contribution in [-0.2, 0) is 24.3 Å². The standard InChI is InChI=1S/C22H25ClN2O6S/c1-14(2)25-32(29,30)19-10-8-18(9-11-19)24-22(28)15(3)31-21(27)13-12-20(26)16-4-6-17(23)7-5-16/h4-11,14-15,25H,12-13H2,1-3H3,(H,24,28). The summed E-state index contributed by atoms with van der Waals surface area (Å²) in [5.41, 5.74) is 0.779. The number of halogens is 1. The molecule has 0 aromatic heterocycles. The lowest BCUT2D eigenvalue weighted by Crippen LogP contribution is -2.30. The molecule has 1 amide bonds. The minimum absolute atomic E-state index is 0.0604. The number of anilines is 1. The SMILES string of the molecule is CC(C)NS(=O)(=O)c1ccc(NC(=O)C(C)OC(=O)CCC(=O)c2ccc(Cl)cc2)cc1. The minimum atomic E-state index is -3.64. The maximum Gasteiger partial charge on any atom is 0.307 e. The maximum absolute atomic E-state index is 12.3. The van der Waals surface area contributed by atoms with Gasteiger partial charge in [-0.3, -0.25) is 14.4 Å². The number of amides is 1. The molecule has 0 aliphatic rings. The second-order valence-electron chi connectivity index (χ2n) is 7.35. The largest absolute Gasteiger partial charge is 0.453 e. The predicted molar refractivity (Wildman–Crippen MR) is 121 cm³/mol. The summed E-state index contributed by atoms with van der Waals surface area (Å²) in [6, 6.07) is 11.7. The van der Waals surface area contributed by atoms with Crippen molar-refractivity contribution in [1.82, 2.24) is 4.72 Å². The molecular formula is C22H25ClN2O6S. The topological polar surface area (TPSA) is 119 Å². The minimum Gasteiger partial charge on any atom is -0.453 e. The average molecular weight is 481 g/mol. The Labute approximate surface area is 192 Å². The number of hydrogen-bond acceptors (Lipinski definition) is 6. The average Bonchev–Trinajstić information content (AvgIpc) is 2.72. The van der Waals surface area contributed by atoms with Crippen LogP contribution in [0.3, 0.4) is 0 Å². The molecule has 8 nitrogen and oxygen atoms in total. The first-order valence-electron chi connectivity index (χ1n) is 9.89. The highest BCUT2D eigenvalue weighted by Gasteiger charge is 2.20. The van der Waals surface area contributed by atoms with Gasteiger partial charge in [0.05, 0.1) is 11.3 Å². The molecule has 10 heteroatoms. The highest BCUT2D eigenvalue weighted by molar-refractivity contribution is 7.89. The predicted octanol–water partition coefficient (Wildman–Crippen LogP) is 3.56. The number of rotatable bonds is 10. The summed E-state index contributed by atoms with van der Waals surface area (Å²) < 4.78 is 31.8. The number of esters is 1. The molecule has 1 atom stereocenters. The molecule has 0 aliphatic heterocycles. The van der Waals surface area contributed by atoms with E-state index in [9.17, 15) is 22.8 Å². The van der Waals surface area contributed by atoms with Gasteiger partial charge < -0.3 is 10.1 Å². The molecule has 0 fully saturated rings. The molecule has 0 bridgehead atoms. The van der Waals surface area contributed by atoms with Crippen LogP contribution in [0.2, 0.25) is 5.02 Å². The van der Waals surface area contributed by atoms with E-state index in [-0.39, 0.29) is 29.6 Å². The lowest BCUT2D eigenvalue weighted by Gasteiger charge is -2.14. The van der Waals surface area contributed by atoms with Gasteiger partial charge >= 0.3 is 5.97 Å². The summed E-state index contributed by atoms with van der Waals surface area (Å²) in [5, 5.41) is 3.06. The van der Waals surface area contributed by atoms with E-state index in [4.69, 9.17) is 16.3 Å². The van der Waals surface area contributed by atoms with Crippen molar-refractivity contribution in [2.45, 2.75) is 50.7 Å². The van der Waals surface area contributed by atoms with Gasteiger partial charge in [-0.1, -0.05) is 11.6 Å². The van der Waals surface area contributed by atoms with Crippen molar-refractivity contribution in [2.24, 2.45) is 0 Å². The summed E-state index contributed by atoms with van der Waals surface area (Å²) in [6.07, 6.45) is -1.33. The van der Waals surface area contributed by atoms with E-state index in [1.165, 1.54) is 31.2 Å². The highest BCUT2D eigenvalue weighted by atomic mass is 35.5. The zero-order valence-electron chi connectivity index (χ0n) is 17.9. The lowest BCUT2D eigenvalue weighted by molar-refractivity contribution is -0.153. The van der Waals surface area contributed by atoms with Crippen LogP contribution in [0, 0.1) is 0 Å².